The molecule has 2 aromatic rings. The fourth-order valence-electron chi connectivity index (χ4n) is 3.60. The van der Waals surface area contributed by atoms with Crippen LogP contribution in [0.5, 0.6) is 0 Å². The molecule has 132 valence electrons. The summed E-state index contributed by atoms with van der Waals surface area (Å²) in [5.41, 5.74) is 3.01. The molecule has 0 amide bonds. The topological polar surface area (TPSA) is 77.5 Å². The first-order chi connectivity index (χ1) is 12.1. The molecular formula is C18H20ClN3O2S. The van der Waals surface area contributed by atoms with E-state index in [0.717, 1.165) is 27.3 Å². The minimum absolute atomic E-state index is 0.0804. The zero-order valence-corrected chi connectivity index (χ0v) is 15.3. The second kappa shape index (κ2) is 6.92. The van der Waals surface area contributed by atoms with E-state index in [9.17, 15) is 4.79 Å². The predicted octanol–water partition coefficient (Wildman–Crippen LogP) is 4.51. The number of benzene rings is 1. The number of thioether (sulfide) groups is 1. The third-order valence-corrected chi connectivity index (χ3v) is 6.13. The molecule has 1 fully saturated rings. The van der Waals surface area contributed by atoms with E-state index >= 15 is 0 Å². The molecular weight excluding hydrogens is 358 g/mol. The monoisotopic (exact) mass is 377 g/mol. The molecule has 1 aromatic heterocycles. The van der Waals surface area contributed by atoms with Crippen LogP contribution in [0, 0.1) is 0 Å². The molecule has 1 aliphatic carbocycles. The second-order valence-corrected chi connectivity index (χ2v) is 8.17. The first-order valence-corrected chi connectivity index (χ1v) is 9.96. The van der Waals surface area contributed by atoms with Crippen LogP contribution >= 0.6 is 23.4 Å². The molecule has 1 aliphatic heterocycles. The highest BCUT2D eigenvalue weighted by atomic mass is 35.5. The van der Waals surface area contributed by atoms with E-state index in [1.165, 1.54) is 25.7 Å². The van der Waals surface area contributed by atoms with Crippen molar-refractivity contribution in [1.29, 1.82) is 0 Å². The van der Waals surface area contributed by atoms with Crippen LogP contribution in [0.25, 0.3) is 10.9 Å². The molecule has 0 spiro atoms. The average molecular weight is 378 g/mol. The maximum atomic E-state index is 10.9. The Kier molecular flexibility index (Phi) is 4.65. The van der Waals surface area contributed by atoms with Crippen LogP contribution in [-0.2, 0) is 4.79 Å². The molecule has 3 N–H and O–H groups in total. The number of H-pyrrole nitrogens is 1. The number of fused-ring (bicyclic) bond motifs is 1. The van der Waals surface area contributed by atoms with Crippen LogP contribution in [-0.4, -0.2) is 38.9 Å². The van der Waals surface area contributed by atoms with E-state index in [1.54, 1.807) is 11.8 Å². The Morgan fingerprint density at radius 2 is 2.16 bits per heavy atom. The summed E-state index contributed by atoms with van der Waals surface area (Å²) in [5, 5.41) is 15.2. The van der Waals surface area contributed by atoms with Gasteiger partial charge in [0, 0.05) is 22.2 Å². The van der Waals surface area contributed by atoms with Crippen LogP contribution in [0.4, 0.5) is 5.69 Å². The van der Waals surface area contributed by atoms with E-state index < -0.39 is 5.97 Å². The lowest BCUT2D eigenvalue weighted by Gasteiger charge is -2.14. The van der Waals surface area contributed by atoms with Gasteiger partial charge < -0.3 is 15.4 Å². The molecule has 0 bridgehead atoms. The van der Waals surface area contributed by atoms with Crippen LogP contribution in [0.2, 0.25) is 5.02 Å². The highest BCUT2D eigenvalue weighted by molar-refractivity contribution is 8.14. The van der Waals surface area contributed by atoms with Crippen LogP contribution in [0.15, 0.2) is 23.2 Å². The Morgan fingerprint density at radius 3 is 2.92 bits per heavy atom. The van der Waals surface area contributed by atoms with Gasteiger partial charge in [0.15, 0.2) is 0 Å². The Morgan fingerprint density at radius 1 is 1.36 bits per heavy atom. The molecule has 1 atom stereocenters. The minimum Gasteiger partial charge on any atom is -0.481 e. The number of halogens is 1. The number of carboxylic acid groups (broad SMARTS) is 1. The summed E-state index contributed by atoms with van der Waals surface area (Å²) in [4.78, 5) is 18.9. The Labute approximate surface area is 155 Å². The van der Waals surface area contributed by atoms with Crippen molar-refractivity contribution in [3.8, 4) is 0 Å². The number of hydrogen-bond acceptors (Lipinski definition) is 4. The lowest BCUT2D eigenvalue weighted by atomic mass is 10.2. The summed E-state index contributed by atoms with van der Waals surface area (Å²) < 4.78 is 0. The summed E-state index contributed by atoms with van der Waals surface area (Å²) in [6.07, 6.45) is 5.02. The predicted molar refractivity (Wildman–Crippen MR) is 104 cm³/mol. The number of anilines is 1. The van der Waals surface area contributed by atoms with Gasteiger partial charge in [-0.05, 0) is 31.0 Å². The Balaban J connectivity index is 1.64. The van der Waals surface area contributed by atoms with Crippen molar-refractivity contribution < 1.29 is 9.90 Å². The third kappa shape index (κ3) is 3.65. The van der Waals surface area contributed by atoms with Gasteiger partial charge in [0.1, 0.15) is 5.04 Å². The van der Waals surface area contributed by atoms with Gasteiger partial charge in [0.25, 0.3) is 0 Å². The fraction of sp³-hybridized carbons (Fsp3) is 0.444. The number of hydrogen-bond donors (Lipinski definition) is 3. The highest BCUT2D eigenvalue weighted by Gasteiger charge is 2.23. The Hall–Kier alpha value is -1.66. The molecule has 0 saturated heterocycles. The van der Waals surface area contributed by atoms with Gasteiger partial charge in [-0.2, -0.15) is 0 Å². The largest absolute Gasteiger partial charge is 0.481 e. The van der Waals surface area contributed by atoms with Gasteiger partial charge in [0.05, 0.1) is 29.4 Å². The van der Waals surface area contributed by atoms with Gasteiger partial charge in [-0.15, -0.1) is 11.8 Å². The molecule has 1 unspecified atom stereocenters. The average Bonchev–Trinajstić information content (AvgIpc) is 3.26. The van der Waals surface area contributed by atoms with Gasteiger partial charge in [0.2, 0.25) is 0 Å². The molecule has 2 heterocycles. The van der Waals surface area contributed by atoms with Crippen molar-refractivity contribution >= 4 is 51.0 Å². The van der Waals surface area contributed by atoms with Crippen molar-refractivity contribution in [2.75, 3.05) is 11.1 Å². The lowest BCUT2D eigenvalue weighted by Crippen LogP contribution is -2.14. The van der Waals surface area contributed by atoms with Gasteiger partial charge >= 0.3 is 5.97 Å². The van der Waals surface area contributed by atoms with E-state index in [4.69, 9.17) is 16.7 Å². The first kappa shape index (κ1) is 16.8. The summed E-state index contributed by atoms with van der Waals surface area (Å²) >= 11 is 7.91. The van der Waals surface area contributed by atoms with Gasteiger partial charge in [-0.25, -0.2) is 0 Å². The molecule has 4 rings (SSSR count). The molecule has 7 heteroatoms. The number of nitrogens with one attached hydrogen (secondary N) is 2. The van der Waals surface area contributed by atoms with Crippen molar-refractivity contribution in [2.24, 2.45) is 4.99 Å². The summed E-state index contributed by atoms with van der Waals surface area (Å²) in [7, 11) is 0. The minimum atomic E-state index is -0.804. The standard InChI is InChI=1S/C18H20ClN3O2S/c19-11-5-10-6-15(18-21-13(9-25-18)8-16(23)24)22-17(10)14(7-11)20-12-3-1-2-4-12/h5-7,12-13,20,22H,1-4,8-9H2,(H,23,24). The smallest absolute Gasteiger partial charge is 0.305 e. The quantitative estimate of drug-likeness (QED) is 0.716. The SMILES string of the molecule is O=C(O)CC1CSC(c2cc3cc(Cl)cc(NC4CCCC4)c3[nH]2)=N1. The zero-order valence-electron chi connectivity index (χ0n) is 13.7. The van der Waals surface area contributed by atoms with Crippen molar-refractivity contribution in [3.05, 3.63) is 28.9 Å². The molecule has 5 nitrogen and oxygen atoms in total. The van der Waals surface area contributed by atoms with E-state index in [0.29, 0.717) is 16.8 Å². The molecule has 25 heavy (non-hydrogen) atoms. The maximum Gasteiger partial charge on any atom is 0.305 e. The summed E-state index contributed by atoms with van der Waals surface area (Å²) in [6, 6.07) is 6.33. The Bertz CT molecular complexity index is 842. The number of aromatic nitrogens is 1. The third-order valence-electron chi connectivity index (χ3n) is 4.76. The van der Waals surface area contributed by atoms with Gasteiger partial charge in [-0.1, -0.05) is 24.4 Å². The van der Waals surface area contributed by atoms with E-state index in [1.807, 2.05) is 12.1 Å². The fourth-order valence-corrected chi connectivity index (χ4v) is 4.85. The van der Waals surface area contributed by atoms with E-state index in [-0.39, 0.29) is 12.5 Å². The second-order valence-electron chi connectivity index (χ2n) is 6.72. The number of carbonyl (C=O) groups is 1. The van der Waals surface area contributed by atoms with Crippen LogP contribution in [0.1, 0.15) is 37.8 Å². The molecule has 1 aromatic carbocycles. The number of aliphatic carboxylic acids is 1. The number of rotatable bonds is 5. The van der Waals surface area contributed by atoms with Crippen molar-refractivity contribution in [2.45, 2.75) is 44.2 Å². The maximum absolute atomic E-state index is 10.9. The number of aliphatic imine (C=N–C) groups is 1. The molecule has 1 saturated carbocycles. The summed E-state index contributed by atoms with van der Waals surface area (Å²) in [6.45, 7) is 0. The van der Waals surface area contributed by atoms with Crippen LogP contribution < -0.4 is 5.32 Å². The number of nitrogens with zero attached hydrogens (tertiary/aromatic N) is 1. The van der Waals surface area contributed by atoms with Crippen LogP contribution in [0.3, 0.4) is 0 Å². The zero-order chi connectivity index (χ0) is 17.4. The van der Waals surface area contributed by atoms with E-state index in [2.05, 4.69) is 21.4 Å². The lowest BCUT2D eigenvalue weighted by molar-refractivity contribution is -0.137. The van der Waals surface area contributed by atoms with Crippen molar-refractivity contribution in [3.63, 3.8) is 0 Å². The van der Waals surface area contributed by atoms with Gasteiger partial charge in [-0.3, -0.25) is 9.79 Å². The number of carboxylic acids is 1. The molecule has 0 radical (unpaired) electrons. The number of aromatic amines is 1. The molecule has 2 aliphatic rings. The highest BCUT2D eigenvalue weighted by Crippen LogP contribution is 2.33. The van der Waals surface area contributed by atoms with Crippen molar-refractivity contribution in [1.82, 2.24) is 4.98 Å². The summed E-state index contributed by atoms with van der Waals surface area (Å²) in [5.74, 6) is -0.0904. The normalized spacial score (nSPS) is 21.0. The first-order valence-electron chi connectivity index (χ1n) is 8.60.